The Bertz CT molecular complexity index is 919. The fourth-order valence-electron chi connectivity index (χ4n) is 3.88. The number of urea groups is 1. The second-order valence-electron chi connectivity index (χ2n) is 6.82. The van der Waals surface area contributed by atoms with Crippen LogP contribution in [0.15, 0.2) is 36.4 Å². The van der Waals surface area contributed by atoms with Gasteiger partial charge in [0.25, 0.3) is 0 Å². The maximum Gasteiger partial charge on any atom is 0.319 e. The molecule has 0 bridgehead atoms. The molecule has 0 aliphatic carbocycles. The van der Waals surface area contributed by atoms with Crippen LogP contribution in [0.3, 0.4) is 0 Å². The van der Waals surface area contributed by atoms with Crippen molar-refractivity contribution >= 4 is 17.4 Å². The van der Waals surface area contributed by atoms with Gasteiger partial charge in [0, 0.05) is 30.5 Å². The predicted molar refractivity (Wildman–Crippen MR) is 111 cm³/mol. The zero-order valence-corrected chi connectivity index (χ0v) is 16.7. The molecule has 6 nitrogen and oxygen atoms in total. The minimum atomic E-state index is -0.262. The minimum Gasteiger partial charge on any atom is -0.497 e. The lowest BCUT2D eigenvalue weighted by atomic mass is 9.90. The predicted octanol–water partition coefficient (Wildman–Crippen LogP) is 4.33. The Morgan fingerprint density at radius 3 is 2.64 bits per heavy atom. The van der Waals surface area contributed by atoms with Gasteiger partial charge in [-0.25, -0.2) is 4.79 Å². The smallest absolute Gasteiger partial charge is 0.319 e. The third kappa shape index (κ3) is 3.48. The van der Waals surface area contributed by atoms with E-state index in [0.717, 1.165) is 40.4 Å². The second kappa shape index (κ2) is 8.22. The molecule has 0 radical (unpaired) electrons. The summed E-state index contributed by atoms with van der Waals surface area (Å²) in [4.78, 5) is 14.1. The molecule has 0 aromatic heterocycles. The molecule has 0 fully saturated rings. The number of anilines is 2. The quantitative estimate of drug-likeness (QED) is 0.812. The Labute approximate surface area is 166 Å². The highest BCUT2D eigenvalue weighted by Gasteiger charge is 2.39. The first kappa shape index (κ1) is 19.6. The number of methoxy groups -OCH3 is 1. The number of hydrogen-bond acceptors (Lipinski definition) is 4. The maximum atomic E-state index is 11.8. The summed E-state index contributed by atoms with van der Waals surface area (Å²) in [5, 5.41) is 15.5. The molecule has 1 aliphatic heterocycles. The number of nitriles is 1. The molecule has 0 saturated heterocycles. The Morgan fingerprint density at radius 1 is 1.25 bits per heavy atom. The molecular formula is C22H26N4O2. The number of aryl methyl sites for hydroxylation is 1. The second-order valence-corrected chi connectivity index (χ2v) is 6.82. The summed E-state index contributed by atoms with van der Waals surface area (Å²) >= 11 is 0. The number of benzene rings is 2. The molecule has 28 heavy (non-hydrogen) atoms. The molecule has 2 atom stereocenters. The molecular weight excluding hydrogens is 352 g/mol. The van der Waals surface area contributed by atoms with Crippen LogP contribution in [0, 0.1) is 18.3 Å². The summed E-state index contributed by atoms with van der Waals surface area (Å²) in [6.45, 7) is 7.29. The molecule has 2 unspecified atom stereocenters. The number of carbonyl (C=O) groups is 1. The molecule has 3 rings (SSSR count). The largest absolute Gasteiger partial charge is 0.497 e. The lowest BCUT2D eigenvalue weighted by molar-refractivity contribution is 0.252. The van der Waals surface area contributed by atoms with Crippen LogP contribution in [0.2, 0.25) is 0 Å². The number of nitrogens with zero attached hydrogens (tertiary/aromatic N) is 2. The lowest BCUT2D eigenvalue weighted by Gasteiger charge is -2.28. The van der Waals surface area contributed by atoms with Gasteiger partial charge in [0.2, 0.25) is 0 Å². The first-order valence-electron chi connectivity index (χ1n) is 9.53. The monoisotopic (exact) mass is 378 g/mol. The Hall–Kier alpha value is -3.20. The molecule has 0 saturated carbocycles. The first-order valence-corrected chi connectivity index (χ1v) is 9.53. The molecule has 2 amide bonds. The van der Waals surface area contributed by atoms with Crippen molar-refractivity contribution in [2.24, 2.45) is 0 Å². The van der Waals surface area contributed by atoms with Crippen molar-refractivity contribution in [1.82, 2.24) is 5.32 Å². The van der Waals surface area contributed by atoms with E-state index in [2.05, 4.69) is 34.6 Å². The van der Waals surface area contributed by atoms with Gasteiger partial charge in [-0.2, -0.15) is 5.26 Å². The maximum absolute atomic E-state index is 11.8. The average molecular weight is 378 g/mol. The number of ether oxygens (including phenoxy) is 1. The third-order valence-electron chi connectivity index (χ3n) is 5.19. The minimum absolute atomic E-state index is 0.0747. The van der Waals surface area contributed by atoms with Gasteiger partial charge in [-0.3, -0.25) is 0 Å². The van der Waals surface area contributed by atoms with E-state index in [-0.39, 0.29) is 18.0 Å². The van der Waals surface area contributed by atoms with E-state index in [1.54, 1.807) is 7.11 Å². The number of amides is 2. The van der Waals surface area contributed by atoms with E-state index >= 15 is 0 Å². The number of hydrogen-bond donors (Lipinski definition) is 2. The molecule has 6 heteroatoms. The molecule has 2 aromatic carbocycles. The van der Waals surface area contributed by atoms with Crippen LogP contribution in [0.4, 0.5) is 16.2 Å². The number of rotatable bonds is 5. The van der Waals surface area contributed by atoms with E-state index in [9.17, 15) is 10.1 Å². The van der Waals surface area contributed by atoms with Crippen LogP contribution in [-0.4, -0.2) is 26.2 Å². The van der Waals surface area contributed by atoms with E-state index in [4.69, 9.17) is 4.74 Å². The number of nitrogens with one attached hydrogen (secondary N) is 2. The van der Waals surface area contributed by atoms with Crippen LogP contribution in [0.1, 0.15) is 42.5 Å². The average Bonchev–Trinajstić information content (AvgIpc) is 3.02. The van der Waals surface area contributed by atoms with E-state index in [1.165, 1.54) is 0 Å². The van der Waals surface area contributed by atoms with Gasteiger partial charge in [0.15, 0.2) is 0 Å². The topological polar surface area (TPSA) is 77.4 Å². The molecule has 0 spiro atoms. The fraction of sp³-hybridized carbons (Fsp3) is 0.364. The van der Waals surface area contributed by atoms with Crippen LogP contribution >= 0.6 is 0 Å². The zero-order valence-electron chi connectivity index (χ0n) is 16.7. The van der Waals surface area contributed by atoms with Crippen molar-refractivity contribution < 1.29 is 9.53 Å². The molecule has 1 heterocycles. The van der Waals surface area contributed by atoms with Crippen LogP contribution in [-0.2, 0) is 0 Å². The van der Waals surface area contributed by atoms with Gasteiger partial charge in [0.1, 0.15) is 5.75 Å². The van der Waals surface area contributed by atoms with Crippen LogP contribution < -0.4 is 20.3 Å². The van der Waals surface area contributed by atoms with Gasteiger partial charge < -0.3 is 20.3 Å². The normalized spacial score (nSPS) is 17.6. The summed E-state index contributed by atoms with van der Waals surface area (Å²) in [6.07, 6.45) is 0. The van der Waals surface area contributed by atoms with E-state index in [0.29, 0.717) is 6.54 Å². The summed E-state index contributed by atoms with van der Waals surface area (Å²) in [6, 6.07) is 14.1. The first-order chi connectivity index (χ1) is 13.5. The molecule has 2 N–H and O–H groups in total. The zero-order chi connectivity index (χ0) is 20.3. The fourth-order valence-corrected chi connectivity index (χ4v) is 3.88. The third-order valence-corrected chi connectivity index (χ3v) is 5.19. The Morgan fingerprint density at radius 2 is 2.04 bits per heavy atom. The van der Waals surface area contributed by atoms with E-state index in [1.807, 2.05) is 44.2 Å². The summed E-state index contributed by atoms with van der Waals surface area (Å²) < 4.78 is 5.38. The van der Waals surface area contributed by atoms with Crippen molar-refractivity contribution in [1.29, 1.82) is 5.26 Å². The van der Waals surface area contributed by atoms with Crippen LogP contribution in [0.25, 0.3) is 0 Å². The summed E-state index contributed by atoms with van der Waals surface area (Å²) in [5.41, 5.74) is 4.86. The standard InChI is InChI=1S/C22H26N4O2/c1-5-24-22(27)25-19-10-7-15(11-14(19)3)21-18(13-23)17-9-8-16(28-4)12-20(17)26(21)6-2/h7-12,18,21H,5-6H2,1-4H3,(H2,24,25,27). The number of likely N-dealkylation sites (N-methyl/N-ethyl adjacent to an activating group) is 1. The lowest BCUT2D eigenvalue weighted by Crippen LogP contribution is -2.29. The van der Waals surface area contributed by atoms with Crippen molar-refractivity contribution in [3.8, 4) is 11.8 Å². The Kier molecular flexibility index (Phi) is 5.74. The van der Waals surface area contributed by atoms with Gasteiger partial charge in [-0.05, 0) is 49.6 Å². The van der Waals surface area contributed by atoms with Gasteiger partial charge >= 0.3 is 6.03 Å². The highest BCUT2D eigenvalue weighted by molar-refractivity contribution is 5.90. The summed E-state index contributed by atoms with van der Waals surface area (Å²) in [7, 11) is 1.65. The number of carbonyl (C=O) groups excluding carboxylic acids is 1. The SMILES string of the molecule is CCNC(=O)Nc1ccc(C2C(C#N)c3ccc(OC)cc3N2CC)cc1C. The van der Waals surface area contributed by atoms with Crippen LogP contribution in [0.5, 0.6) is 5.75 Å². The Balaban J connectivity index is 1.97. The van der Waals surface area contributed by atoms with Crippen molar-refractivity contribution in [3.05, 3.63) is 53.1 Å². The van der Waals surface area contributed by atoms with E-state index < -0.39 is 0 Å². The molecule has 2 aromatic rings. The van der Waals surface area contributed by atoms with Gasteiger partial charge in [-0.15, -0.1) is 0 Å². The number of fused-ring (bicyclic) bond motifs is 1. The van der Waals surface area contributed by atoms with Gasteiger partial charge in [0.05, 0.1) is 25.1 Å². The highest BCUT2D eigenvalue weighted by Crippen LogP contribution is 2.49. The van der Waals surface area contributed by atoms with Gasteiger partial charge in [-0.1, -0.05) is 18.2 Å². The summed E-state index contributed by atoms with van der Waals surface area (Å²) in [5.74, 6) is 0.523. The highest BCUT2D eigenvalue weighted by atomic mass is 16.5. The van der Waals surface area contributed by atoms with Crippen molar-refractivity contribution in [3.63, 3.8) is 0 Å². The van der Waals surface area contributed by atoms with Crippen molar-refractivity contribution in [2.75, 3.05) is 30.4 Å². The van der Waals surface area contributed by atoms with Crippen molar-refractivity contribution in [2.45, 2.75) is 32.7 Å². The molecule has 146 valence electrons. The molecule has 1 aliphatic rings.